The minimum Gasteiger partial charge on any atom is -0.481 e. The third-order valence-corrected chi connectivity index (χ3v) is 3.89. The number of aromatic nitrogens is 1. The normalized spacial score (nSPS) is 17.8. The van der Waals surface area contributed by atoms with Crippen molar-refractivity contribution in [2.45, 2.75) is 32.1 Å². The summed E-state index contributed by atoms with van der Waals surface area (Å²) in [6, 6.07) is 3.52. The van der Waals surface area contributed by atoms with Gasteiger partial charge in [-0.05, 0) is 18.9 Å². The Morgan fingerprint density at radius 2 is 2.16 bits per heavy atom. The van der Waals surface area contributed by atoms with Gasteiger partial charge in [0.2, 0.25) is 11.8 Å². The van der Waals surface area contributed by atoms with E-state index in [1.807, 2.05) is 0 Å². The molecule has 1 aromatic heterocycles. The van der Waals surface area contributed by atoms with Gasteiger partial charge >= 0.3 is 0 Å². The molecule has 104 valence electrons. The summed E-state index contributed by atoms with van der Waals surface area (Å²) in [5.74, 6) is 0.547. The molecule has 0 radical (unpaired) electrons. The lowest BCUT2D eigenvalue weighted by Gasteiger charge is -2.34. The van der Waals surface area contributed by atoms with Gasteiger partial charge in [-0.2, -0.15) is 0 Å². The second-order valence-electron chi connectivity index (χ2n) is 5.09. The highest BCUT2D eigenvalue weighted by molar-refractivity contribution is 5.95. The van der Waals surface area contributed by atoms with E-state index in [0.29, 0.717) is 18.1 Å². The van der Waals surface area contributed by atoms with Crippen molar-refractivity contribution in [3.05, 3.63) is 18.3 Å². The predicted molar refractivity (Wildman–Crippen MR) is 74.0 cm³/mol. The molecule has 2 rings (SSSR count). The van der Waals surface area contributed by atoms with E-state index in [2.05, 4.69) is 10.3 Å². The highest BCUT2D eigenvalue weighted by Gasteiger charge is 2.38. The number of hydrogen-bond acceptors (Lipinski definition) is 4. The number of nitrogens with two attached hydrogens (primary N) is 1. The second kappa shape index (κ2) is 6.02. The van der Waals surface area contributed by atoms with Gasteiger partial charge in [-0.15, -0.1) is 0 Å². The van der Waals surface area contributed by atoms with E-state index >= 15 is 0 Å². The van der Waals surface area contributed by atoms with Gasteiger partial charge in [0, 0.05) is 12.6 Å². The van der Waals surface area contributed by atoms with Gasteiger partial charge in [0.05, 0.1) is 24.4 Å². The van der Waals surface area contributed by atoms with Gasteiger partial charge in [-0.3, -0.25) is 4.79 Å². The van der Waals surface area contributed by atoms with Gasteiger partial charge in [0.25, 0.3) is 0 Å². The van der Waals surface area contributed by atoms with Crippen molar-refractivity contribution in [3.8, 4) is 5.88 Å². The molecule has 5 nitrogen and oxygen atoms in total. The highest BCUT2D eigenvalue weighted by Crippen LogP contribution is 2.36. The van der Waals surface area contributed by atoms with E-state index in [1.54, 1.807) is 25.4 Å². The summed E-state index contributed by atoms with van der Waals surface area (Å²) in [5, 5.41) is 2.92. The predicted octanol–water partition coefficient (Wildman–Crippen LogP) is 1.94. The molecule has 0 atom stereocenters. The summed E-state index contributed by atoms with van der Waals surface area (Å²) in [6.07, 6.45) is 6.69. The fourth-order valence-electron chi connectivity index (χ4n) is 2.59. The number of anilines is 1. The number of methoxy groups -OCH3 is 1. The summed E-state index contributed by atoms with van der Waals surface area (Å²) < 4.78 is 4.99. The minimum absolute atomic E-state index is 0.0154. The number of nitrogens with one attached hydrogen (secondary N) is 1. The van der Waals surface area contributed by atoms with E-state index in [4.69, 9.17) is 10.5 Å². The number of carbonyl (C=O) groups is 1. The van der Waals surface area contributed by atoms with Crippen molar-refractivity contribution in [3.63, 3.8) is 0 Å². The molecule has 1 amide bonds. The van der Waals surface area contributed by atoms with Crippen LogP contribution in [0, 0.1) is 5.41 Å². The third-order valence-electron chi connectivity index (χ3n) is 3.89. The standard InChI is InChI=1S/C14H21N3O2/c1-19-12-6-5-11(9-16-12)17-13(18)14(10-15)7-3-2-4-8-14/h5-6,9H,2-4,7-8,10,15H2,1H3,(H,17,18). The fraction of sp³-hybridized carbons (Fsp3) is 0.571. The molecule has 0 bridgehead atoms. The summed E-state index contributed by atoms with van der Waals surface area (Å²) in [6.45, 7) is 0.405. The topological polar surface area (TPSA) is 77.2 Å². The van der Waals surface area contributed by atoms with Crippen LogP contribution in [0.4, 0.5) is 5.69 Å². The van der Waals surface area contributed by atoms with E-state index in [9.17, 15) is 4.79 Å². The Balaban J connectivity index is 2.05. The molecule has 0 unspecified atom stereocenters. The van der Waals surface area contributed by atoms with E-state index in [1.165, 1.54) is 6.42 Å². The SMILES string of the molecule is COc1ccc(NC(=O)C2(CN)CCCCC2)cn1. The Bertz CT molecular complexity index is 425. The smallest absolute Gasteiger partial charge is 0.231 e. The van der Waals surface area contributed by atoms with Gasteiger partial charge in [0.15, 0.2) is 0 Å². The van der Waals surface area contributed by atoms with Crippen LogP contribution in [0.1, 0.15) is 32.1 Å². The molecular formula is C14H21N3O2. The average molecular weight is 263 g/mol. The maximum Gasteiger partial charge on any atom is 0.231 e. The average Bonchev–Trinajstić information content (AvgIpc) is 2.48. The molecule has 0 aromatic carbocycles. The molecule has 5 heteroatoms. The van der Waals surface area contributed by atoms with Crippen molar-refractivity contribution in [1.29, 1.82) is 0 Å². The van der Waals surface area contributed by atoms with Crippen molar-refractivity contribution < 1.29 is 9.53 Å². The summed E-state index contributed by atoms with van der Waals surface area (Å²) in [7, 11) is 1.56. The number of amides is 1. The first-order chi connectivity index (χ1) is 9.20. The lowest BCUT2D eigenvalue weighted by molar-refractivity contribution is -0.126. The maximum atomic E-state index is 12.4. The van der Waals surface area contributed by atoms with Crippen LogP contribution in [-0.4, -0.2) is 24.5 Å². The molecular weight excluding hydrogens is 242 g/mol. The van der Waals surface area contributed by atoms with E-state index in [0.717, 1.165) is 25.7 Å². The lowest BCUT2D eigenvalue weighted by atomic mass is 9.73. The largest absolute Gasteiger partial charge is 0.481 e. The zero-order valence-corrected chi connectivity index (χ0v) is 11.3. The van der Waals surface area contributed by atoms with Crippen LogP contribution < -0.4 is 15.8 Å². The van der Waals surface area contributed by atoms with Crippen LogP contribution in [0.15, 0.2) is 18.3 Å². The molecule has 1 aliphatic carbocycles. The minimum atomic E-state index is -0.405. The third kappa shape index (κ3) is 3.04. The molecule has 1 heterocycles. The van der Waals surface area contributed by atoms with Crippen molar-refractivity contribution in [2.24, 2.45) is 11.1 Å². The number of hydrogen-bond donors (Lipinski definition) is 2. The second-order valence-corrected chi connectivity index (χ2v) is 5.09. The quantitative estimate of drug-likeness (QED) is 0.870. The van der Waals surface area contributed by atoms with Crippen LogP contribution in [0.5, 0.6) is 5.88 Å². The Kier molecular flexibility index (Phi) is 4.37. The molecule has 0 aliphatic heterocycles. The van der Waals surface area contributed by atoms with Crippen LogP contribution >= 0.6 is 0 Å². The molecule has 0 spiro atoms. The Morgan fingerprint density at radius 1 is 1.42 bits per heavy atom. The molecule has 3 N–H and O–H groups in total. The number of ether oxygens (including phenoxy) is 1. The molecule has 1 aromatic rings. The Hall–Kier alpha value is -1.62. The van der Waals surface area contributed by atoms with Gasteiger partial charge in [-0.25, -0.2) is 4.98 Å². The highest BCUT2D eigenvalue weighted by atomic mass is 16.5. The maximum absolute atomic E-state index is 12.4. The Morgan fingerprint density at radius 3 is 2.68 bits per heavy atom. The van der Waals surface area contributed by atoms with E-state index in [-0.39, 0.29) is 5.91 Å². The number of rotatable bonds is 4. The fourth-order valence-corrected chi connectivity index (χ4v) is 2.59. The first kappa shape index (κ1) is 13.8. The van der Waals surface area contributed by atoms with Crippen LogP contribution in [0.2, 0.25) is 0 Å². The van der Waals surface area contributed by atoms with Gasteiger partial charge < -0.3 is 15.8 Å². The summed E-state index contributed by atoms with van der Waals surface area (Å²) >= 11 is 0. The first-order valence-electron chi connectivity index (χ1n) is 6.72. The van der Waals surface area contributed by atoms with Crippen molar-refractivity contribution in [1.82, 2.24) is 4.98 Å². The zero-order valence-electron chi connectivity index (χ0n) is 11.3. The van der Waals surface area contributed by atoms with Crippen molar-refractivity contribution in [2.75, 3.05) is 19.0 Å². The lowest BCUT2D eigenvalue weighted by Crippen LogP contribution is -2.43. The number of nitrogens with zero attached hydrogens (tertiary/aromatic N) is 1. The summed E-state index contributed by atoms with van der Waals surface area (Å²) in [5.41, 5.74) is 6.12. The molecule has 19 heavy (non-hydrogen) atoms. The molecule has 1 aliphatic rings. The van der Waals surface area contributed by atoms with Gasteiger partial charge in [-0.1, -0.05) is 19.3 Å². The molecule has 1 fully saturated rings. The summed E-state index contributed by atoms with van der Waals surface area (Å²) in [4.78, 5) is 16.5. The first-order valence-corrected chi connectivity index (χ1v) is 6.72. The number of pyridine rings is 1. The van der Waals surface area contributed by atoms with Crippen LogP contribution in [0.3, 0.4) is 0 Å². The number of carbonyl (C=O) groups excluding carboxylic acids is 1. The van der Waals surface area contributed by atoms with E-state index < -0.39 is 5.41 Å². The Labute approximate surface area is 113 Å². The zero-order chi connectivity index (χ0) is 13.7. The monoisotopic (exact) mass is 263 g/mol. The van der Waals surface area contributed by atoms with Gasteiger partial charge in [0.1, 0.15) is 0 Å². The van der Waals surface area contributed by atoms with Crippen LogP contribution in [-0.2, 0) is 4.79 Å². The molecule has 0 saturated heterocycles. The molecule has 1 saturated carbocycles. The van der Waals surface area contributed by atoms with Crippen LogP contribution in [0.25, 0.3) is 0 Å². The van der Waals surface area contributed by atoms with Crippen molar-refractivity contribution >= 4 is 11.6 Å².